The van der Waals surface area contributed by atoms with E-state index >= 15 is 0 Å². The van der Waals surface area contributed by atoms with Crippen LogP contribution in [0.15, 0.2) is 41.4 Å². The molecule has 3 aliphatic heterocycles. The summed E-state index contributed by atoms with van der Waals surface area (Å²) in [5.41, 5.74) is 1.01. The van der Waals surface area contributed by atoms with Crippen molar-refractivity contribution < 1.29 is 4.79 Å². The number of nitrogens with one attached hydrogen (secondary N) is 1. The summed E-state index contributed by atoms with van der Waals surface area (Å²) >= 11 is 1.78. The van der Waals surface area contributed by atoms with E-state index in [0.29, 0.717) is 12.0 Å². The van der Waals surface area contributed by atoms with Gasteiger partial charge in [-0.3, -0.25) is 14.4 Å². The third-order valence-corrected chi connectivity index (χ3v) is 6.81. The summed E-state index contributed by atoms with van der Waals surface area (Å²) in [6.07, 6.45) is 4.27. The van der Waals surface area contributed by atoms with E-state index in [1.165, 1.54) is 4.90 Å². The molecule has 2 bridgehead atoms. The standard InChI is InChI=1S/C21H29N5OS/c1-15(2)22-21(27)20-13-25-9-8-16(20)10-18(25)12-26-11-17(23-24-26)14-28-19-6-4-3-5-7-19/h3-7,11,15-16,18,20H,8-10,12-14H2,1-2H3,(H,22,27)/t16-,18+,20+/m0/s1. The highest BCUT2D eigenvalue weighted by Crippen LogP contribution is 2.37. The fourth-order valence-corrected chi connectivity index (χ4v) is 5.20. The highest BCUT2D eigenvalue weighted by molar-refractivity contribution is 7.98. The second kappa shape index (κ2) is 8.66. The van der Waals surface area contributed by atoms with Crippen LogP contribution in [0.4, 0.5) is 0 Å². The number of hydrogen-bond acceptors (Lipinski definition) is 5. The topological polar surface area (TPSA) is 63.1 Å². The molecule has 150 valence electrons. The molecule has 4 heterocycles. The van der Waals surface area contributed by atoms with Gasteiger partial charge in [-0.2, -0.15) is 0 Å². The Morgan fingerprint density at radius 3 is 2.86 bits per heavy atom. The zero-order chi connectivity index (χ0) is 19.5. The lowest BCUT2D eigenvalue weighted by molar-refractivity contribution is -0.133. The number of benzene rings is 1. The van der Waals surface area contributed by atoms with E-state index in [4.69, 9.17) is 0 Å². The molecule has 1 aromatic carbocycles. The van der Waals surface area contributed by atoms with Crippen LogP contribution in [-0.4, -0.2) is 51.0 Å². The third kappa shape index (κ3) is 4.58. The predicted molar refractivity (Wildman–Crippen MR) is 111 cm³/mol. The Labute approximate surface area is 171 Å². The van der Waals surface area contributed by atoms with Gasteiger partial charge in [0.2, 0.25) is 5.91 Å². The average Bonchev–Trinajstić information content (AvgIpc) is 3.14. The van der Waals surface area contributed by atoms with Crippen molar-refractivity contribution in [2.45, 2.75) is 56.0 Å². The van der Waals surface area contributed by atoms with Crippen molar-refractivity contribution >= 4 is 17.7 Å². The molecule has 4 atom stereocenters. The van der Waals surface area contributed by atoms with E-state index in [9.17, 15) is 4.79 Å². The first-order valence-electron chi connectivity index (χ1n) is 10.2. The van der Waals surface area contributed by atoms with Crippen molar-refractivity contribution in [2.75, 3.05) is 13.1 Å². The van der Waals surface area contributed by atoms with Crippen LogP contribution < -0.4 is 5.32 Å². The van der Waals surface area contributed by atoms with Crippen molar-refractivity contribution in [2.24, 2.45) is 11.8 Å². The second-order valence-corrected chi connectivity index (χ2v) is 9.29. The number of rotatable bonds is 7. The van der Waals surface area contributed by atoms with Gasteiger partial charge in [-0.15, -0.1) is 16.9 Å². The van der Waals surface area contributed by atoms with Crippen molar-refractivity contribution in [1.82, 2.24) is 25.2 Å². The zero-order valence-corrected chi connectivity index (χ0v) is 17.4. The molecule has 1 aromatic heterocycles. The van der Waals surface area contributed by atoms with Crippen LogP contribution in [0.2, 0.25) is 0 Å². The van der Waals surface area contributed by atoms with Gasteiger partial charge in [0.1, 0.15) is 0 Å². The zero-order valence-electron chi connectivity index (χ0n) is 16.6. The van der Waals surface area contributed by atoms with E-state index in [-0.39, 0.29) is 17.9 Å². The number of nitrogens with zero attached hydrogens (tertiary/aromatic N) is 4. The molecule has 0 aliphatic carbocycles. The molecule has 1 unspecified atom stereocenters. The molecular formula is C21H29N5OS. The van der Waals surface area contributed by atoms with E-state index in [1.807, 2.05) is 24.6 Å². The highest BCUT2D eigenvalue weighted by atomic mass is 32.2. The number of amides is 1. The van der Waals surface area contributed by atoms with Crippen LogP contribution >= 0.6 is 11.8 Å². The first-order chi connectivity index (χ1) is 13.6. The quantitative estimate of drug-likeness (QED) is 0.726. The van der Waals surface area contributed by atoms with Crippen molar-refractivity contribution in [1.29, 1.82) is 0 Å². The van der Waals surface area contributed by atoms with Crippen LogP contribution in [0.3, 0.4) is 0 Å². The number of hydrogen-bond donors (Lipinski definition) is 1. The van der Waals surface area contributed by atoms with E-state index in [0.717, 1.165) is 43.9 Å². The number of carbonyl (C=O) groups is 1. The number of piperidine rings is 3. The van der Waals surface area contributed by atoms with Crippen molar-refractivity contribution in [3.63, 3.8) is 0 Å². The maximum atomic E-state index is 12.5. The lowest BCUT2D eigenvalue weighted by Crippen LogP contribution is -2.58. The van der Waals surface area contributed by atoms with Crippen LogP contribution in [0, 0.1) is 11.8 Å². The van der Waals surface area contributed by atoms with Gasteiger partial charge in [-0.1, -0.05) is 23.4 Å². The molecule has 1 amide bonds. The number of carbonyl (C=O) groups excluding carboxylic acids is 1. The van der Waals surface area contributed by atoms with Gasteiger partial charge >= 0.3 is 0 Å². The van der Waals surface area contributed by atoms with E-state index in [1.54, 1.807) is 11.8 Å². The summed E-state index contributed by atoms with van der Waals surface area (Å²) in [5.74, 6) is 1.69. The molecule has 28 heavy (non-hydrogen) atoms. The smallest absolute Gasteiger partial charge is 0.224 e. The molecule has 3 aliphatic rings. The van der Waals surface area contributed by atoms with Gasteiger partial charge < -0.3 is 5.32 Å². The first-order valence-corrected chi connectivity index (χ1v) is 11.2. The maximum Gasteiger partial charge on any atom is 0.224 e. The summed E-state index contributed by atoms with van der Waals surface area (Å²) < 4.78 is 1.98. The molecule has 3 saturated heterocycles. The fraction of sp³-hybridized carbons (Fsp3) is 0.571. The molecule has 7 heteroatoms. The lowest BCUT2D eigenvalue weighted by Gasteiger charge is -2.49. The Morgan fingerprint density at radius 1 is 1.32 bits per heavy atom. The Morgan fingerprint density at radius 2 is 2.14 bits per heavy atom. The molecule has 5 rings (SSSR count). The third-order valence-electron chi connectivity index (χ3n) is 5.76. The summed E-state index contributed by atoms with van der Waals surface area (Å²) in [6.45, 7) is 6.88. The van der Waals surface area contributed by atoms with Crippen LogP contribution in [0.5, 0.6) is 0 Å². The highest BCUT2D eigenvalue weighted by Gasteiger charge is 2.43. The molecular weight excluding hydrogens is 370 g/mol. The van der Waals surface area contributed by atoms with Gasteiger partial charge in [0, 0.05) is 35.5 Å². The minimum absolute atomic E-state index is 0.140. The fourth-order valence-electron chi connectivity index (χ4n) is 4.40. The van der Waals surface area contributed by atoms with Crippen LogP contribution in [0.1, 0.15) is 32.4 Å². The Balaban J connectivity index is 1.31. The largest absolute Gasteiger partial charge is 0.354 e. The van der Waals surface area contributed by atoms with Crippen molar-refractivity contribution in [3.8, 4) is 0 Å². The molecule has 6 nitrogen and oxygen atoms in total. The SMILES string of the molecule is CC(C)NC(=O)[C@@H]1CN2CC[C@H]1C[C@@H]2Cn1cc(CSc2ccccc2)nn1. The Kier molecular flexibility index (Phi) is 6.01. The predicted octanol–water partition coefficient (Wildman–Crippen LogP) is 2.81. The van der Waals surface area contributed by atoms with Gasteiger partial charge in [0.05, 0.1) is 18.2 Å². The summed E-state index contributed by atoms with van der Waals surface area (Å²) in [6, 6.07) is 11.0. The monoisotopic (exact) mass is 399 g/mol. The second-order valence-electron chi connectivity index (χ2n) is 8.24. The molecule has 0 radical (unpaired) electrons. The average molecular weight is 400 g/mol. The summed E-state index contributed by atoms with van der Waals surface area (Å²) in [5, 5.41) is 11.8. The first kappa shape index (κ1) is 19.5. The minimum atomic E-state index is 0.140. The van der Waals surface area contributed by atoms with E-state index in [2.05, 4.69) is 51.0 Å². The molecule has 3 fully saturated rings. The van der Waals surface area contributed by atoms with Gasteiger partial charge in [-0.05, 0) is 51.3 Å². The molecule has 1 N–H and O–H groups in total. The summed E-state index contributed by atoms with van der Waals surface area (Å²) in [7, 11) is 0. The van der Waals surface area contributed by atoms with Crippen LogP contribution in [0.25, 0.3) is 0 Å². The molecule has 2 aromatic rings. The van der Waals surface area contributed by atoms with Crippen LogP contribution in [-0.2, 0) is 17.1 Å². The minimum Gasteiger partial charge on any atom is -0.354 e. The van der Waals surface area contributed by atoms with Crippen molar-refractivity contribution in [3.05, 3.63) is 42.2 Å². The number of thioether (sulfide) groups is 1. The molecule has 0 spiro atoms. The Bertz CT molecular complexity index is 793. The lowest BCUT2D eigenvalue weighted by atomic mass is 9.75. The van der Waals surface area contributed by atoms with E-state index < -0.39 is 0 Å². The summed E-state index contributed by atoms with van der Waals surface area (Å²) in [4.78, 5) is 16.2. The van der Waals surface area contributed by atoms with Gasteiger partial charge in [-0.25, -0.2) is 0 Å². The number of aromatic nitrogens is 3. The number of fused-ring (bicyclic) bond motifs is 3. The normalized spacial score (nSPS) is 26.5. The maximum absolute atomic E-state index is 12.5. The van der Waals surface area contributed by atoms with Gasteiger partial charge in [0.25, 0.3) is 0 Å². The Hall–Kier alpha value is -1.86. The van der Waals surface area contributed by atoms with Gasteiger partial charge in [0.15, 0.2) is 0 Å². The molecule has 0 saturated carbocycles.